The van der Waals surface area contributed by atoms with Crippen molar-refractivity contribution >= 4 is 5.69 Å². The summed E-state index contributed by atoms with van der Waals surface area (Å²) in [7, 11) is 4.11. The fourth-order valence-corrected chi connectivity index (χ4v) is 2.22. The van der Waals surface area contributed by atoms with Crippen molar-refractivity contribution in [2.75, 3.05) is 19.0 Å². The summed E-state index contributed by atoms with van der Waals surface area (Å²) in [6.07, 6.45) is 2.06. The van der Waals surface area contributed by atoms with Gasteiger partial charge in [0, 0.05) is 45.6 Å². The van der Waals surface area contributed by atoms with Gasteiger partial charge >= 0.3 is 0 Å². The van der Waals surface area contributed by atoms with Crippen LogP contribution in [0.1, 0.15) is 25.1 Å². The molecule has 4 nitrogen and oxygen atoms in total. The molecule has 21 heavy (non-hydrogen) atoms. The van der Waals surface area contributed by atoms with Crippen LogP contribution in [0, 0.1) is 5.92 Å². The van der Waals surface area contributed by atoms with E-state index in [1.807, 2.05) is 4.68 Å². The molecule has 2 aromatic rings. The topological polar surface area (TPSA) is 33.1 Å². The third-order valence-electron chi connectivity index (χ3n) is 3.34. The zero-order chi connectivity index (χ0) is 15.2. The van der Waals surface area contributed by atoms with Crippen LogP contribution in [-0.4, -0.2) is 23.9 Å². The number of anilines is 1. The van der Waals surface area contributed by atoms with E-state index in [2.05, 4.69) is 79.8 Å². The SMILES string of the molecule is CC(C)Cn1ccc(CNCc2ccc(N(C)C)cc2)n1. The smallest absolute Gasteiger partial charge is 0.0762 e. The summed E-state index contributed by atoms with van der Waals surface area (Å²) in [5, 5.41) is 8.01. The van der Waals surface area contributed by atoms with Gasteiger partial charge in [0.05, 0.1) is 5.69 Å². The van der Waals surface area contributed by atoms with E-state index < -0.39 is 0 Å². The van der Waals surface area contributed by atoms with Gasteiger partial charge in [-0.3, -0.25) is 4.68 Å². The molecule has 0 saturated carbocycles. The lowest BCUT2D eigenvalue weighted by Crippen LogP contribution is -2.14. The molecule has 0 aliphatic carbocycles. The van der Waals surface area contributed by atoms with Crippen molar-refractivity contribution in [2.45, 2.75) is 33.5 Å². The van der Waals surface area contributed by atoms with E-state index in [4.69, 9.17) is 0 Å². The first kappa shape index (κ1) is 15.6. The van der Waals surface area contributed by atoms with Crippen LogP contribution < -0.4 is 10.2 Å². The molecule has 0 bridgehead atoms. The van der Waals surface area contributed by atoms with E-state index in [0.29, 0.717) is 5.92 Å². The van der Waals surface area contributed by atoms with Gasteiger partial charge in [0.15, 0.2) is 0 Å². The maximum atomic E-state index is 4.57. The van der Waals surface area contributed by atoms with E-state index in [1.165, 1.54) is 11.3 Å². The number of benzene rings is 1. The number of nitrogens with zero attached hydrogens (tertiary/aromatic N) is 3. The highest BCUT2D eigenvalue weighted by Crippen LogP contribution is 2.12. The predicted molar refractivity (Wildman–Crippen MR) is 88.4 cm³/mol. The van der Waals surface area contributed by atoms with Gasteiger partial charge in [-0.05, 0) is 29.7 Å². The molecule has 1 aromatic carbocycles. The zero-order valence-electron chi connectivity index (χ0n) is 13.5. The summed E-state index contributed by atoms with van der Waals surface area (Å²) < 4.78 is 2.02. The van der Waals surface area contributed by atoms with Crippen molar-refractivity contribution in [1.29, 1.82) is 0 Å². The molecular weight excluding hydrogens is 260 g/mol. The Labute approximate surface area is 127 Å². The number of nitrogens with one attached hydrogen (secondary N) is 1. The average molecular weight is 286 g/mol. The van der Waals surface area contributed by atoms with Crippen LogP contribution in [0.4, 0.5) is 5.69 Å². The van der Waals surface area contributed by atoms with Gasteiger partial charge in [-0.2, -0.15) is 5.10 Å². The van der Waals surface area contributed by atoms with E-state index in [0.717, 1.165) is 25.3 Å². The number of hydrogen-bond donors (Lipinski definition) is 1. The third kappa shape index (κ3) is 4.90. The number of aromatic nitrogens is 2. The largest absolute Gasteiger partial charge is 0.378 e. The second kappa shape index (κ2) is 7.27. The van der Waals surface area contributed by atoms with Crippen LogP contribution in [0.5, 0.6) is 0 Å². The minimum atomic E-state index is 0.626. The van der Waals surface area contributed by atoms with Crippen molar-refractivity contribution in [1.82, 2.24) is 15.1 Å². The molecule has 0 saturated heterocycles. The predicted octanol–water partition coefficient (Wildman–Crippen LogP) is 2.89. The van der Waals surface area contributed by atoms with Crippen LogP contribution in [0.2, 0.25) is 0 Å². The highest BCUT2D eigenvalue weighted by Gasteiger charge is 2.01. The maximum absolute atomic E-state index is 4.57. The molecule has 0 fully saturated rings. The third-order valence-corrected chi connectivity index (χ3v) is 3.34. The standard InChI is InChI=1S/C17H26N4/c1-14(2)13-21-10-9-16(19-21)12-18-11-15-5-7-17(8-6-15)20(3)4/h5-10,14,18H,11-13H2,1-4H3. The quantitative estimate of drug-likeness (QED) is 0.849. The van der Waals surface area contributed by atoms with Gasteiger partial charge in [-0.1, -0.05) is 26.0 Å². The Morgan fingerprint density at radius 3 is 2.43 bits per heavy atom. The molecule has 4 heteroatoms. The molecule has 0 atom stereocenters. The lowest BCUT2D eigenvalue weighted by molar-refractivity contribution is 0.477. The fraction of sp³-hybridized carbons (Fsp3) is 0.471. The molecule has 1 N–H and O–H groups in total. The Morgan fingerprint density at radius 1 is 1.10 bits per heavy atom. The molecule has 0 aliphatic heterocycles. The first-order valence-electron chi connectivity index (χ1n) is 7.54. The lowest BCUT2D eigenvalue weighted by Gasteiger charge is -2.12. The number of rotatable bonds is 7. The van der Waals surface area contributed by atoms with Crippen LogP contribution in [0.25, 0.3) is 0 Å². The van der Waals surface area contributed by atoms with Gasteiger partial charge in [-0.15, -0.1) is 0 Å². The minimum absolute atomic E-state index is 0.626. The molecule has 0 aliphatic rings. The first-order valence-corrected chi connectivity index (χ1v) is 7.54. The van der Waals surface area contributed by atoms with Crippen molar-refractivity contribution in [3.63, 3.8) is 0 Å². The van der Waals surface area contributed by atoms with Gasteiger partial charge in [-0.25, -0.2) is 0 Å². The van der Waals surface area contributed by atoms with Gasteiger partial charge in [0.2, 0.25) is 0 Å². The summed E-state index contributed by atoms with van der Waals surface area (Å²) in [5.74, 6) is 0.626. The molecule has 2 rings (SSSR count). The molecule has 0 unspecified atom stereocenters. The van der Waals surface area contributed by atoms with E-state index in [9.17, 15) is 0 Å². The molecule has 1 aromatic heterocycles. The number of hydrogen-bond acceptors (Lipinski definition) is 3. The van der Waals surface area contributed by atoms with Crippen LogP contribution in [-0.2, 0) is 19.6 Å². The fourth-order valence-electron chi connectivity index (χ4n) is 2.22. The summed E-state index contributed by atoms with van der Waals surface area (Å²) in [4.78, 5) is 2.11. The Balaban J connectivity index is 1.79. The molecule has 0 radical (unpaired) electrons. The highest BCUT2D eigenvalue weighted by atomic mass is 15.3. The van der Waals surface area contributed by atoms with Gasteiger partial charge in [0.25, 0.3) is 0 Å². The molecule has 1 heterocycles. The van der Waals surface area contributed by atoms with Crippen molar-refractivity contribution < 1.29 is 0 Å². The van der Waals surface area contributed by atoms with Crippen LogP contribution in [0.15, 0.2) is 36.5 Å². The second-order valence-corrected chi connectivity index (χ2v) is 6.09. The summed E-state index contributed by atoms with van der Waals surface area (Å²) >= 11 is 0. The molecule has 0 amide bonds. The Hall–Kier alpha value is -1.81. The van der Waals surface area contributed by atoms with Crippen molar-refractivity contribution in [3.8, 4) is 0 Å². The van der Waals surface area contributed by atoms with Gasteiger partial charge < -0.3 is 10.2 Å². The van der Waals surface area contributed by atoms with Crippen molar-refractivity contribution in [3.05, 3.63) is 47.8 Å². The van der Waals surface area contributed by atoms with E-state index in [-0.39, 0.29) is 0 Å². The normalized spacial score (nSPS) is 11.1. The summed E-state index contributed by atoms with van der Waals surface area (Å²) in [6, 6.07) is 10.7. The van der Waals surface area contributed by atoms with E-state index in [1.54, 1.807) is 0 Å². The summed E-state index contributed by atoms with van der Waals surface area (Å²) in [6.45, 7) is 7.06. The lowest BCUT2D eigenvalue weighted by atomic mass is 10.2. The van der Waals surface area contributed by atoms with E-state index >= 15 is 0 Å². The highest BCUT2D eigenvalue weighted by molar-refractivity contribution is 5.45. The minimum Gasteiger partial charge on any atom is -0.378 e. The Morgan fingerprint density at radius 2 is 1.81 bits per heavy atom. The Kier molecular flexibility index (Phi) is 5.39. The first-order chi connectivity index (χ1) is 10.0. The maximum Gasteiger partial charge on any atom is 0.0762 e. The molecule has 0 spiro atoms. The summed E-state index contributed by atoms with van der Waals surface area (Å²) in [5.41, 5.74) is 3.62. The average Bonchev–Trinajstić information content (AvgIpc) is 2.86. The van der Waals surface area contributed by atoms with Crippen LogP contribution >= 0.6 is 0 Å². The van der Waals surface area contributed by atoms with Gasteiger partial charge in [0.1, 0.15) is 0 Å². The molecule has 114 valence electrons. The Bertz CT molecular complexity index is 540. The monoisotopic (exact) mass is 286 g/mol. The van der Waals surface area contributed by atoms with Crippen LogP contribution in [0.3, 0.4) is 0 Å². The van der Waals surface area contributed by atoms with Crippen molar-refractivity contribution in [2.24, 2.45) is 5.92 Å². The zero-order valence-corrected chi connectivity index (χ0v) is 13.5. The second-order valence-electron chi connectivity index (χ2n) is 6.09. The molecular formula is C17H26N4.